The number of carboxylic acid groups (broad SMARTS) is 1. The maximum atomic E-state index is 10.5. The Bertz CT molecular complexity index is 526. The second-order valence-corrected chi connectivity index (χ2v) is 5.96. The van der Waals surface area contributed by atoms with Crippen LogP contribution < -0.4 is 5.73 Å². The molecule has 122 valence electrons. The van der Waals surface area contributed by atoms with E-state index in [2.05, 4.69) is 0 Å². The van der Waals surface area contributed by atoms with Gasteiger partial charge in [0, 0.05) is 0 Å². The van der Waals surface area contributed by atoms with Crippen molar-refractivity contribution < 1.29 is 28.3 Å². The lowest BCUT2D eigenvalue weighted by Gasteiger charge is -2.11. The van der Waals surface area contributed by atoms with Crippen LogP contribution in [0.3, 0.4) is 0 Å². The summed E-state index contributed by atoms with van der Waals surface area (Å²) in [5, 5.41) is 8.36. The predicted octanol–water partition coefficient (Wildman–Crippen LogP) is 0.861. The Morgan fingerprint density at radius 1 is 1.29 bits per heavy atom. The molecule has 7 nitrogen and oxygen atoms in total. The SMILES string of the molecule is CCC(C)[C@H](N)C(=O)O.Cc1ccc(S(=O)(=O)O)cc1.O. The average molecular weight is 321 g/mol. The van der Waals surface area contributed by atoms with Crippen molar-refractivity contribution in [2.75, 3.05) is 0 Å². The summed E-state index contributed by atoms with van der Waals surface area (Å²) < 4.78 is 29.6. The average Bonchev–Trinajstić information content (AvgIpc) is 2.37. The van der Waals surface area contributed by atoms with Crippen molar-refractivity contribution in [2.45, 2.75) is 38.1 Å². The standard InChI is InChI=1S/C7H8O3S.C6H13NO2.H2O/c1-6-2-4-7(5-3-6)11(8,9)10;1-3-4(2)5(7)6(8)9;/h2-5H,1H3,(H,8,9,10);4-5H,3,7H2,1-2H3,(H,8,9);1H2/t;4?,5-;/m.0./s1. The number of hydrogen-bond acceptors (Lipinski definition) is 4. The lowest BCUT2D eigenvalue weighted by Crippen LogP contribution is -2.36. The monoisotopic (exact) mass is 321 g/mol. The highest BCUT2D eigenvalue weighted by Crippen LogP contribution is 2.08. The van der Waals surface area contributed by atoms with Crippen molar-refractivity contribution in [3.63, 3.8) is 0 Å². The lowest BCUT2D eigenvalue weighted by molar-refractivity contribution is -0.139. The van der Waals surface area contributed by atoms with Gasteiger partial charge in [-0.05, 0) is 25.0 Å². The molecule has 0 saturated heterocycles. The Morgan fingerprint density at radius 2 is 1.71 bits per heavy atom. The molecule has 1 aromatic rings. The second-order valence-electron chi connectivity index (χ2n) is 4.54. The molecule has 0 saturated carbocycles. The van der Waals surface area contributed by atoms with E-state index in [0.29, 0.717) is 0 Å². The zero-order valence-corrected chi connectivity index (χ0v) is 13.1. The van der Waals surface area contributed by atoms with E-state index in [1.165, 1.54) is 12.1 Å². The summed E-state index contributed by atoms with van der Waals surface area (Å²) in [6, 6.07) is 5.29. The topological polar surface area (TPSA) is 149 Å². The van der Waals surface area contributed by atoms with Crippen LogP contribution in [0.15, 0.2) is 29.2 Å². The fourth-order valence-corrected chi connectivity index (χ4v) is 1.69. The second kappa shape index (κ2) is 9.46. The van der Waals surface area contributed by atoms with Crippen LogP contribution in [0.25, 0.3) is 0 Å². The van der Waals surface area contributed by atoms with Crippen LogP contribution in [-0.4, -0.2) is 35.6 Å². The van der Waals surface area contributed by atoms with Gasteiger partial charge in [-0.3, -0.25) is 9.35 Å². The molecule has 1 aromatic carbocycles. The number of hydrogen-bond donors (Lipinski definition) is 3. The molecule has 6 N–H and O–H groups in total. The van der Waals surface area contributed by atoms with Crippen molar-refractivity contribution >= 4 is 16.1 Å². The highest BCUT2D eigenvalue weighted by Gasteiger charge is 2.17. The van der Waals surface area contributed by atoms with E-state index in [0.717, 1.165) is 12.0 Å². The molecular formula is C13H23NO6S. The third kappa shape index (κ3) is 8.41. The van der Waals surface area contributed by atoms with Crippen LogP contribution in [0.2, 0.25) is 0 Å². The third-order valence-electron chi connectivity index (χ3n) is 2.86. The van der Waals surface area contributed by atoms with Crippen LogP contribution in [0.1, 0.15) is 25.8 Å². The van der Waals surface area contributed by atoms with Gasteiger partial charge in [0.05, 0.1) is 4.90 Å². The third-order valence-corrected chi connectivity index (χ3v) is 3.73. The lowest BCUT2D eigenvalue weighted by atomic mass is 10.0. The molecule has 0 fully saturated rings. The molecule has 8 heteroatoms. The maximum absolute atomic E-state index is 10.5. The number of aryl methyl sites for hydroxylation is 1. The minimum atomic E-state index is -4.02. The fraction of sp³-hybridized carbons (Fsp3) is 0.462. The van der Waals surface area contributed by atoms with Crippen molar-refractivity contribution in [1.29, 1.82) is 0 Å². The largest absolute Gasteiger partial charge is 0.480 e. The molecule has 0 aliphatic carbocycles. The van der Waals surface area contributed by atoms with E-state index in [9.17, 15) is 13.2 Å². The molecule has 0 amide bonds. The van der Waals surface area contributed by atoms with E-state index >= 15 is 0 Å². The summed E-state index contributed by atoms with van der Waals surface area (Å²) in [6.07, 6.45) is 0.813. The van der Waals surface area contributed by atoms with Gasteiger partial charge in [0.2, 0.25) is 0 Å². The molecule has 0 aliphatic heterocycles. The normalized spacial score (nSPS) is 13.2. The maximum Gasteiger partial charge on any atom is 0.320 e. The summed E-state index contributed by atoms with van der Waals surface area (Å²) in [5.41, 5.74) is 6.23. The van der Waals surface area contributed by atoms with Crippen molar-refractivity contribution in [1.82, 2.24) is 0 Å². The first-order chi connectivity index (χ1) is 9.09. The van der Waals surface area contributed by atoms with E-state index < -0.39 is 22.1 Å². The molecule has 0 spiro atoms. The molecule has 0 bridgehead atoms. The van der Waals surface area contributed by atoms with Crippen LogP contribution in [0.5, 0.6) is 0 Å². The quantitative estimate of drug-likeness (QED) is 0.700. The highest BCUT2D eigenvalue weighted by molar-refractivity contribution is 7.85. The molecule has 0 aromatic heterocycles. The first kappa shape index (κ1) is 21.8. The summed E-state index contributed by atoms with van der Waals surface area (Å²) in [4.78, 5) is 10.1. The van der Waals surface area contributed by atoms with Gasteiger partial charge in [-0.25, -0.2) is 0 Å². The molecule has 0 radical (unpaired) electrons. The first-order valence-electron chi connectivity index (χ1n) is 6.12. The van der Waals surface area contributed by atoms with Gasteiger partial charge in [-0.15, -0.1) is 0 Å². The summed E-state index contributed by atoms with van der Waals surface area (Å²) >= 11 is 0. The number of benzene rings is 1. The molecule has 0 heterocycles. The van der Waals surface area contributed by atoms with Gasteiger partial charge >= 0.3 is 5.97 Å². The Labute approximate surface area is 124 Å². The van der Waals surface area contributed by atoms with Crippen molar-refractivity contribution in [3.05, 3.63) is 29.8 Å². The summed E-state index contributed by atoms with van der Waals surface area (Å²) in [6.45, 7) is 5.60. The van der Waals surface area contributed by atoms with Crippen LogP contribution in [0, 0.1) is 12.8 Å². The van der Waals surface area contributed by atoms with E-state index in [4.69, 9.17) is 15.4 Å². The van der Waals surface area contributed by atoms with Crippen LogP contribution in [-0.2, 0) is 14.9 Å². The zero-order valence-electron chi connectivity index (χ0n) is 12.3. The minimum absolute atomic E-state index is 0. The number of carbonyl (C=O) groups is 1. The zero-order chi connectivity index (χ0) is 15.9. The number of carboxylic acids is 1. The Balaban J connectivity index is 0. The Morgan fingerprint density at radius 3 is 1.95 bits per heavy atom. The van der Waals surface area contributed by atoms with Gasteiger partial charge < -0.3 is 16.3 Å². The minimum Gasteiger partial charge on any atom is -0.480 e. The summed E-state index contributed by atoms with van der Waals surface area (Å²) in [7, 11) is -4.02. The molecule has 1 rings (SSSR count). The molecule has 0 aliphatic rings. The molecular weight excluding hydrogens is 298 g/mol. The van der Waals surface area contributed by atoms with E-state index in [-0.39, 0.29) is 16.3 Å². The Hall–Kier alpha value is -1.48. The fourth-order valence-electron chi connectivity index (χ4n) is 1.21. The molecule has 21 heavy (non-hydrogen) atoms. The number of nitrogens with two attached hydrogens (primary N) is 1. The van der Waals surface area contributed by atoms with Crippen LogP contribution in [0.4, 0.5) is 0 Å². The van der Waals surface area contributed by atoms with Crippen molar-refractivity contribution in [2.24, 2.45) is 11.7 Å². The van der Waals surface area contributed by atoms with E-state index in [1.54, 1.807) is 12.1 Å². The highest BCUT2D eigenvalue weighted by atomic mass is 32.2. The Kier molecular flexibility index (Phi) is 9.82. The predicted molar refractivity (Wildman–Crippen MR) is 79.7 cm³/mol. The van der Waals surface area contributed by atoms with Gasteiger partial charge in [0.25, 0.3) is 10.1 Å². The van der Waals surface area contributed by atoms with E-state index in [1.807, 2.05) is 20.8 Å². The van der Waals surface area contributed by atoms with Crippen LogP contribution >= 0.6 is 0 Å². The molecule has 1 unspecified atom stereocenters. The first-order valence-corrected chi connectivity index (χ1v) is 7.56. The molecule has 2 atom stereocenters. The smallest absolute Gasteiger partial charge is 0.320 e. The van der Waals surface area contributed by atoms with Gasteiger partial charge in [-0.1, -0.05) is 38.0 Å². The van der Waals surface area contributed by atoms with Gasteiger partial charge in [0.15, 0.2) is 0 Å². The van der Waals surface area contributed by atoms with Crippen molar-refractivity contribution in [3.8, 4) is 0 Å². The van der Waals surface area contributed by atoms with Gasteiger partial charge in [0.1, 0.15) is 6.04 Å². The summed E-state index contributed by atoms with van der Waals surface area (Å²) in [5.74, 6) is -0.841. The van der Waals surface area contributed by atoms with Gasteiger partial charge in [-0.2, -0.15) is 8.42 Å². The number of aliphatic carboxylic acids is 1. The number of rotatable bonds is 4.